The van der Waals surface area contributed by atoms with Crippen LogP contribution in [0.3, 0.4) is 0 Å². The third kappa shape index (κ3) is 6.36. The van der Waals surface area contributed by atoms with Gasteiger partial charge in [0.25, 0.3) is 0 Å². The first-order valence-corrected chi connectivity index (χ1v) is 5.26. The van der Waals surface area contributed by atoms with Crippen LogP contribution in [0.25, 0.3) is 0 Å². The molecule has 0 spiro atoms. The molecule has 1 aliphatic rings. The minimum absolute atomic E-state index is 0.0607. The number of carbonyl (C=O) groups excluding carboxylic acids is 2. The first kappa shape index (κ1) is 12.9. The number of rotatable bonds is 0. The van der Waals surface area contributed by atoms with Crippen LogP contribution >= 0.6 is 0 Å². The summed E-state index contributed by atoms with van der Waals surface area (Å²) in [5, 5.41) is 0. The average Bonchev–Trinajstić information content (AvgIpc) is 2.27. The number of esters is 2. The highest BCUT2D eigenvalue weighted by Crippen LogP contribution is 1.93. The lowest BCUT2D eigenvalue weighted by Gasteiger charge is -2.09. The van der Waals surface area contributed by atoms with E-state index in [1.807, 2.05) is 0 Å². The van der Waals surface area contributed by atoms with E-state index in [0.717, 1.165) is 0 Å². The van der Waals surface area contributed by atoms with Gasteiger partial charge in [-0.05, 0) is 0 Å². The molecule has 0 saturated carbocycles. The van der Waals surface area contributed by atoms with Crippen LogP contribution in [-0.2, 0) is 28.5 Å². The summed E-state index contributed by atoms with van der Waals surface area (Å²) in [7, 11) is 0. The second-order valence-corrected chi connectivity index (χ2v) is 3.25. The van der Waals surface area contributed by atoms with Gasteiger partial charge in [0, 0.05) is 12.8 Å². The van der Waals surface area contributed by atoms with E-state index in [1.54, 1.807) is 0 Å². The van der Waals surface area contributed by atoms with Crippen molar-refractivity contribution >= 4 is 11.9 Å². The molecule has 0 bridgehead atoms. The van der Waals surface area contributed by atoms with Gasteiger partial charge in [0.05, 0.1) is 26.4 Å². The van der Waals surface area contributed by atoms with Crippen LogP contribution in [0.4, 0.5) is 0 Å². The van der Waals surface area contributed by atoms with Crippen molar-refractivity contribution in [2.75, 3.05) is 39.6 Å². The lowest BCUT2D eigenvalue weighted by molar-refractivity contribution is -0.154. The lowest BCUT2D eigenvalue weighted by atomic mass is 10.5. The molecule has 6 heteroatoms. The van der Waals surface area contributed by atoms with Crippen LogP contribution in [0.5, 0.6) is 0 Å². The Kier molecular flexibility index (Phi) is 6.52. The molecule has 0 aromatic rings. The topological polar surface area (TPSA) is 71.1 Å². The smallest absolute Gasteiger partial charge is 0.332 e. The van der Waals surface area contributed by atoms with Gasteiger partial charge in [-0.1, -0.05) is 0 Å². The van der Waals surface area contributed by atoms with Gasteiger partial charge in [-0.25, -0.2) is 9.59 Å². The molecule has 0 unspecified atom stereocenters. The van der Waals surface area contributed by atoms with Gasteiger partial charge in [-0.15, -0.1) is 0 Å². The predicted molar refractivity (Wildman–Crippen MR) is 52.8 cm³/mol. The Morgan fingerprint density at radius 2 is 1.12 bits per heavy atom. The molecule has 1 fully saturated rings. The molecular weight excluding hydrogens is 216 g/mol. The summed E-state index contributed by atoms with van der Waals surface area (Å²) in [6.07, 6.45) is 1.11. The SMILES string of the molecule is O=C1COCCCOC(=O)COCCCO1. The molecular formula is C10H16O6. The maximum atomic E-state index is 11.0. The molecule has 6 nitrogen and oxygen atoms in total. The fraction of sp³-hybridized carbons (Fsp3) is 0.800. The first-order chi connectivity index (χ1) is 7.79. The standard InChI is InChI=1S/C10H16O6/c11-9-8-14-4-2-6-16-10(12)7-13-3-1-5-15-9/h1-8H2. The van der Waals surface area contributed by atoms with Gasteiger partial charge in [-0.3, -0.25) is 0 Å². The zero-order chi connectivity index (χ0) is 11.6. The monoisotopic (exact) mass is 232 g/mol. The van der Waals surface area contributed by atoms with E-state index in [4.69, 9.17) is 18.9 Å². The minimum Gasteiger partial charge on any atom is -0.464 e. The van der Waals surface area contributed by atoms with Gasteiger partial charge in [0.15, 0.2) is 0 Å². The summed E-state index contributed by atoms with van der Waals surface area (Å²) in [5.41, 5.74) is 0. The van der Waals surface area contributed by atoms with Crippen molar-refractivity contribution in [3.05, 3.63) is 0 Å². The van der Waals surface area contributed by atoms with E-state index >= 15 is 0 Å². The largest absolute Gasteiger partial charge is 0.464 e. The van der Waals surface area contributed by atoms with Crippen molar-refractivity contribution in [3.63, 3.8) is 0 Å². The normalized spacial score (nSPS) is 21.8. The van der Waals surface area contributed by atoms with Gasteiger partial charge in [0.2, 0.25) is 0 Å². The first-order valence-electron chi connectivity index (χ1n) is 5.26. The number of carbonyl (C=O) groups is 2. The highest BCUT2D eigenvalue weighted by molar-refractivity contribution is 5.71. The summed E-state index contributed by atoms with van der Waals surface area (Å²) in [4.78, 5) is 22.1. The van der Waals surface area contributed by atoms with Crippen molar-refractivity contribution in [3.8, 4) is 0 Å². The number of hydrogen-bond donors (Lipinski definition) is 0. The van der Waals surface area contributed by atoms with Crippen molar-refractivity contribution < 1.29 is 28.5 Å². The van der Waals surface area contributed by atoms with Crippen LogP contribution in [0.15, 0.2) is 0 Å². The number of hydrogen-bond acceptors (Lipinski definition) is 6. The van der Waals surface area contributed by atoms with E-state index in [1.165, 1.54) is 0 Å². The molecule has 16 heavy (non-hydrogen) atoms. The van der Waals surface area contributed by atoms with Crippen molar-refractivity contribution in [2.45, 2.75) is 12.8 Å². The van der Waals surface area contributed by atoms with Gasteiger partial charge in [-0.2, -0.15) is 0 Å². The maximum absolute atomic E-state index is 11.0. The second-order valence-electron chi connectivity index (χ2n) is 3.25. The molecule has 0 aromatic carbocycles. The second kappa shape index (κ2) is 8.06. The van der Waals surface area contributed by atoms with E-state index in [2.05, 4.69) is 0 Å². The van der Waals surface area contributed by atoms with Crippen molar-refractivity contribution in [2.24, 2.45) is 0 Å². The fourth-order valence-corrected chi connectivity index (χ4v) is 1.09. The third-order valence-corrected chi connectivity index (χ3v) is 1.83. The Hall–Kier alpha value is -1.14. The molecule has 92 valence electrons. The summed E-state index contributed by atoms with van der Waals surface area (Å²) in [5.74, 6) is -0.761. The summed E-state index contributed by atoms with van der Waals surface area (Å²) >= 11 is 0. The van der Waals surface area contributed by atoms with Gasteiger partial charge >= 0.3 is 11.9 Å². The number of cyclic esters (lactones) is 2. The van der Waals surface area contributed by atoms with Crippen molar-refractivity contribution in [1.29, 1.82) is 0 Å². The van der Waals surface area contributed by atoms with Crippen LogP contribution in [0, 0.1) is 0 Å². The molecule has 1 saturated heterocycles. The Balaban J connectivity index is 2.23. The molecule has 0 N–H and O–H groups in total. The van der Waals surface area contributed by atoms with Crippen LogP contribution < -0.4 is 0 Å². The summed E-state index contributed by atoms with van der Waals surface area (Å²) in [6.45, 7) is 1.16. The molecule has 0 amide bonds. The van der Waals surface area contributed by atoms with E-state index in [-0.39, 0.29) is 38.4 Å². The summed E-state index contributed by atoms with van der Waals surface area (Å²) < 4.78 is 19.8. The Morgan fingerprint density at radius 3 is 1.56 bits per heavy atom. The maximum Gasteiger partial charge on any atom is 0.332 e. The molecule has 1 heterocycles. The minimum atomic E-state index is -0.381. The molecule has 1 rings (SSSR count). The Bertz CT molecular complexity index is 183. The highest BCUT2D eigenvalue weighted by atomic mass is 16.6. The molecule has 1 aliphatic heterocycles. The van der Waals surface area contributed by atoms with Crippen LogP contribution in [-0.4, -0.2) is 51.6 Å². The molecule has 0 radical (unpaired) electrons. The van der Waals surface area contributed by atoms with E-state index in [9.17, 15) is 9.59 Å². The zero-order valence-corrected chi connectivity index (χ0v) is 9.11. The predicted octanol–water partition coefficient (Wildman–Crippen LogP) is -0.100. The Morgan fingerprint density at radius 1 is 0.688 bits per heavy atom. The van der Waals surface area contributed by atoms with Gasteiger partial charge in [0.1, 0.15) is 13.2 Å². The summed E-state index contributed by atoms with van der Waals surface area (Å²) in [6, 6.07) is 0. The highest BCUT2D eigenvalue weighted by Gasteiger charge is 2.06. The quantitative estimate of drug-likeness (QED) is 0.543. The van der Waals surface area contributed by atoms with Crippen molar-refractivity contribution in [1.82, 2.24) is 0 Å². The lowest BCUT2D eigenvalue weighted by Crippen LogP contribution is -2.19. The van der Waals surface area contributed by atoms with Crippen LogP contribution in [0.1, 0.15) is 12.8 Å². The van der Waals surface area contributed by atoms with E-state index < -0.39 is 0 Å². The third-order valence-electron chi connectivity index (χ3n) is 1.83. The molecule has 0 atom stereocenters. The Labute approximate surface area is 93.8 Å². The fourth-order valence-electron chi connectivity index (χ4n) is 1.09. The van der Waals surface area contributed by atoms with Gasteiger partial charge < -0.3 is 18.9 Å². The zero-order valence-electron chi connectivity index (χ0n) is 9.11. The number of ether oxygens (including phenoxy) is 4. The molecule has 0 aliphatic carbocycles. The molecule has 0 aromatic heterocycles. The van der Waals surface area contributed by atoms with E-state index in [0.29, 0.717) is 26.1 Å². The average molecular weight is 232 g/mol. The van der Waals surface area contributed by atoms with Crippen LogP contribution in [0.2, 0.25) is 0 Å².